The van der Waals surface area contributed by atoms with Crippen LogP contribution in [0.2, 0.25) is 0 Å². The first-order valence-electron chi connectivity index (χ1n) is 6.69. The van der Waals surface area contributed by atoms with Crippen LogP contribution in [-0.4, -0.2) is 18.8 Å². The average Bonchev–Trinajstić information content (AvgIpc) is 2.48. The Morgan fingerprint density at radius 2 is 1.70 bits per heavy atom. The first-order valence-corrected chi connectivity index (χ1v) is 6.69. The molecule has 2 aromatic carbocycles. The van der Waals surface area contributed by atoms with Gasteiger partial charge in [-0.2, -0.15) is 0 Å². The van der Waals surface area contributed by atoms with E-state index < -0.39 is 0 Å². The van der Waals surface area contributed by atoms with Crippen LogP contribution in [0.4, 0.5) is 0 Å². The van der Waals surface area contributed by atoms with Crippen LogP contribution < -0.4 is 4.74 Å². The molecule has 0 spiro atoms. The molecule has 0 atom stereocenters. The fourth-order valence-corrected chi connectivity index (χ4v) is 2.00. The zero-order chi connectivity index (χ0) is 14.4. The summed E-state index contributed by atoms with van der Waals surface area (Å²) in [6, 6.07) is 13.7. The smallest absolute Gasteiger partial charge is 0.130 e. The summed E-state index contributed by atoms with van der Waals surface area (Å²) >= 11 is 0. The van der Waals surface area contributed by atoms with Gasteiger partial charge in [0.05, 0.1) is 13.2 Å². The van der Waals surface area contributed by atoms with Gasteiger partial charge in [0.2, 0.25) is 0 Å². The van der Waals surface area contributed by atoms with E-state index in [1.165, 1.54) is 5.56 Å². The Balaban J connectivity index is 2.06. The van der Waals surface area contributed by atoms with Gasteiger partial charge in [0.25, 0.3) is 0 Å². The number of rotatable bonds is 6. The van der Waals surface area contributed by atoms with Crippen molar-refractivity contribution in [2.24, 2.45) is 0 Å². The Morgan fingerprint density at radius 3 is 2.30 bits per heavy atom. The summed E-state index contributed by atoms with van der Waals surface area (Å²) in [6.07, 6.45) is 0.904. The zero-order valence-corrected chi connectivity index (χ0v) is 11.9. The highest BCUT2D eigenvalue weighted by atomic mass is 16.5. The van der Waals surface area contributed by atoms with E-state index >= 15 is 0 Å². The minimum Gasteiger partial charge on any atom is -0.457 e. The minimum absolute atomic E-state index is 0.0509. The van der Waals surface area contributed by atoms with Gasteiger partial charge in [0.1, 0.15) is 11.5 Å². The molecule has 0 radical (unpaired) electrons. The molecule has 0 heterocycles. The molecule has 0 aliphatic rings. The summed E-state index contributed by atoms with van der Waals surface area (Å²) in [5.74, 6) is 1.62. The van der Waals surface area contributed by atoms with Crippen molar-refractivity contribution in [2.45, 2.75) is 20.0 Å². The molecule has 3 heteroatoms. The quantitative estimate of drug-likeness (QED) is 0.875. The van der Waals surface area contributed by atoms with Gasteiger partial charge in [0.15, 0.2) is 0 Å². The lowest BCUT2D eigenvalue weighted by Gasteiger charge is -2.10. The van der Waals surface area contributed by atoms with E-state index in [2.05, 4.69) is 0 Å². The average molecular weight is 272 g/mol. The van der Waals surface area contributed by atoms with Gasteiger partial charge in [-0.1, -0.05) is 24.3 Å². The van der Waals surface area contributed by atoms with Gasteiger partial charge in [-0.3, -0.25) is 0 Å². The lowest BCUT2D eigenvalue weighted by Crippen LogP contribution is -1.94. The summed E-state index contributed by atoms with van der Waals surface area (Å²) in [7, 11) is 1.70. The van der Waals surface area contributed by atoms with E-state index in [0.717, 1.165) is 35.7 Å². The van der Waals surface area contributed by atoms with Crippen LogP contribution in [0, 0.1) is 6.92 Å². The molecule has 106 valence electrons. The van der Waals surface area contributed by atoms with E-state index in [4.69, 9.17) is 14.6 Å². The standard InChI is InChI=1S/C17H20O3/c1-13-11-15(12-18)5-8-17(13)20-16-6-3-14(4-7-16)9-10-19-2/h3-8,11,18H,9-10,12H2,1-2H3. The van der Waals surface area contributed by atoms with Gasteiger partial charge in [0, 0.05) is 7.11 Å². The van der Waals surface area contributed by atoms with Gasteiger partial charge in [-0.25, -0.2) is 0 Å². The summed E-state index contributed by atoms with van der Waals surface area (Å²) < 4.78 is 10.9. The molecule has 0 fully saturated rings. The van der Waals surface area contributed by atoms with Crippen molar-refractivity contribution in [1.82, 2.24) is 0 Å². The predicted octanol–water partition coefficient (Wildman–Crippen LogP) is 3.47. The van der Waals surface area contributed by atoms with Gasteiger partial charge in [-0.15, -0.1) is 0 Å². The SMILES string of the molecule is COCCc1ccc(Oc2ccc(CO)cc2C)cc1. The summed E-state index contributed by atoms with van der Waals surface area (Å²) in [6.45, 7) is 2.75. The Labute approximate surface area is 119 Å². The van der Waals surface area contributed by atoms with E-state index in [-0.39, 0.29) is 6.61 Å². The normalized spacial score (nSPS) is 10.6. The van der Waals surface area contributed by atoms with Crippen LogP contribution in [-0.2, 0) is 17.8 Å². The topological polar surface area (TPSA) is 38.7 Å². The van der Waals surface area contributed by atoms with Crippen molar-refractivity contribution in [2.75, 3.05) is 13.7 Å². The van der Waals surface area contributed by atoms with Crippen molar-refractivity contribution in [3.8, 4) is 11.5 Å². The third-order valence-electron chi connectivity index (χ3n) is 3.17. The summed E-state index contributed by atoms with van der Waals surface area (Å²) in [5, 5.41) is 9.09. The second-order valence-electron chi connectivity index (χ2n) is 4.75. The van der Waals surface area contributed by atoms with Crippen molar-refractivity contribution in [3.05, 3.63) is 59.2 Å². The molecule has 3 nitrogen and oxygen atoms in total. The maximum Gasteiger partial charge on any atom is 0.130 e. The molecule has 0 bridgehead atoms. The molecular formula is C17H20O3. The van der Waals surface area contributed by atoms with Crippen molar-refractivity contribution >= 4 is 0 Å². The second-order valence-corrected chi connectivity index (χ2v) is 4.75. The van der Waals surface area contributed by atoms with Gasteiger partial charge >= 0.3 is 0 Å². The maximum atomic E-state index is 9.09. The summed E-state index contributed by atoms with van der Waals surface area (Å²) in [4.78, 5) is 0. The number of hydrogen-bond acceptors (Lipinski definition) is 3. The number of benzene rings is 2. The fourth-order valence-electron chi connectivity index (χ4n) is 2.00. The highest BCUT2D eigenvalue weighted by Gasteiger charge is 2.03. The van der Waals surface area contributed by atoms with Crippen LogP contribution in [0.3, 0.4) is 0 Å². The molecule has 0 aliphatic carbocycles. The highest BCUT2D eigenvalue weighted by Crippen LogP contribution is 2.26. The van der Waals surface area contributed by atoms with E-state index in [0.29, 0.717) is 0 Å². The molecule has 0 aromatic heterocycles. The molecule has 0 unspecified atom stereocenters. The molecule has 0 saturated carbocycles. The highest BCUT2D eigenvalue weighted by molar-refractivity contribution is 5.40. The van der Waals surface area contributed by atoms with E-state index in [1.54, 1.807) is 7.11 Å². The Hall–Kier alpha value is -1.84. The lowest BCUT2D eigenvalue weighted by atomic mass is 10.1. The number of aryl methyl sites for hydroxylation is 1. The van der Waals surface area contributed by atoms with Crippen LogP contribution in [0.15, 0.2) is 42.5 Å². The van der Waals surface area contributed by atoms with Crippen molar-refractivity contribution in [3.63, 3.8) is 0 Å². The van der Waals surface area contributed by atoms with Crippen LogP contribution in [0.1, 0.15) is 16.7 Å². The van der Waals surface area contributed by atoms with E-state index in [9.17, 15) is 0 Å². The maximum absolute atomic E-state index is 9.09. The fraction of sp³-hybridized carbons (Fsp3) is 0.294. The molecule has 0 amide bonds. The molecule has 2 aromatic rings. The van der Waals surface area contributed by atoms with Crippen molar-refractivity contribution < 1.29 is 14.6 Å². The van der Waals surface area contributed by atoms with Gasteiger partial charge < -0.3 is 14.6 Å². The molecule has 2 rings (SSSR count). The Bertz CT molecular complexity index is 547. The molecule has 20 heavy (non-hydrogen) atoms. The van der Waals surface area contributed by atoms with Gasteiger partial charge in [-0.05, 0) is 48.2 Å². The number of hydrogen-bond donors (Lipinski definition) is 1. The van der Waals surface area contributed by atoms with Crippen LogP contribution in [0.25, 0.3) is 0 Å². The molecule has 1 N–H and O–H groups in total. The summed E-state index contributed by atoms with van der Waals surface area (Å²) in [5.41, 5.74) is 3.14. The van der Waals surface area contributed by atoms with Crippen LogP contribution in [0.5, 0.6) is 11.5 Å². The molecule has 0 aliphatic heterocycles. The first-order chi connectivity index (χ1) is 9.72. The third-order valence-corrected chi connectivity index (χ3v) is 3.17. The second kappa shape index (κ2) is 7.08. The lowest BCUT2D eigenvalue weighted by molar-refractivity contribution is 0.202. The Morgan fingerprint density at radius 1 is 1.00 bits per heavy atom. The van der Waals surface area contributed by atoms with E-state index in [1.807, 2.05) is 49.4 Å². The number of aliphatic hydroxyl groups is 1. The third kappa shape index (κ3) is 3.83. The number of ether oxygens (including phenoxy) is 2. The monoisotopic (exact) mass is 272 g/mol. The minimum atomic E-state index is 0.0509. The Kier molecular flexibility index (Phi) is 5.16. The van der Waals surface area contributed by atoms with Crippen molar-refractivity contribution in [1.29, 1.82) is 0 Å². The number of methoxy groups -OCH3 is 1. The first kappa shape index (κ1) is 14.6. The number of aliphatic hydroxyl groups excluding tert-OH is 1. The van der Waals surface area contributed by atoms with Crippen LogP contribution >= 0.6 is 0 Å². The predicted molar refractivity (Wildman–Crippen MR) is 79.2 cm³/mol. The molecule has 0 saturated heterocycles. The zero-order valence-electron chi connectivity index (χ0n) is 11.9. The largest absolute Gasteiger partial charge is 0.457 e. The molecular weight excluding hydrogens is 252 g/mol.